The maximum atomic E-state index is 12.1. The molecule has 1 N–H and O–H groups in total. The van der Waals surface area contributed by atoms with Gasteiger partial charge in [0.25, 0.3) is 0 Å². The number of benzene rings is 1. The summed E-state index contributed by atoms with van der Waals surface area (Å²) in [5, 5.41) is 8.88. The lowest BCUT2D eigenvalue weighted by molar-refractivity contribution is -0.136. The van der Waals surface area contributed by atoms with E-state index in [4.69, 9.17) is 5.11 Å². The first-order valence-corrected chi connectivity index (χ1v) is 6.11. The molecule has 100 valence electrons. The largest absolute Gasteiger partial charge is 0.481 e. The van der Waals surface area contributed by atoms with E-state index in [1.807, 2.05) is 0 Å². The van der Waals surface area contributed by atoms with Crippen LogP contribution in [0.5, 0.6) is 0 Å². The second-order valence-electron chi connectivity index (χ2n) is 4.79. The predicted molar refractivity (Wildman–Crippen MR) is 68.6 cm³/mol. The van der Waals surface area contributed by atoms with Gasteiger partial charge in [-0.15, -0.1) is 0 Å². The number of para-hydroxylation sites is 1. The molecule has 1 fully saturated rings. The average molecular weight is 261 g/mol. The first-order valence-electron chi connectivity index (χ1n) is 6.11. The molecule has 1 aliphatic rings. The molecule has 5 nitrogen and oxygen atoms in total. The Labute approximate surface area is 110 Å². The molecule has 1 aromatic carbocycles. The molecule has 1 saturated heterocycles. The zero-order valence-corrected chi connectivity index (χ0v) is 10.8. The van der Waals surface area contributed by atoms with Crippen molar-refractivity contribution >= 4 is 23.5 Å². The molecule has 0 aromatic heterocycles. The van der Waals surface area contributed by atoms with Crippen molar-refractivity contribution in [3.05, 3.63) is 29.8 Å². The first kappa shape index (κ1) is 13.3. The van der Waals surface area contributed by atoms with Crippen molar-refractivity contribution < 1.29 is 19.5 Å². The number of rotatable bonds is 3. The van der Waals surface area contributed by atoms with Crippen molar-refractivity contribution in [1.29, 1.82) is 0 Å². The predicted octanol–water partition coefficient (Wildman–Crippen LogP) is 1.46. The van der Waals surface area contributed by atoms with Gasteiger partial charge in [-0.25, -0.2) is 4.90 Å². The molecule has 1 aromatic rings. The van der Waals surface area contributed by atoms with Crippen molar-refractivity contribution in [2.45, 2.75) is 20.3 Å². The third kappa shape index (κ3) is 2.23. The molecule has 2 unspecified atom stereocenters. The molecule has 0 aliphatic carbocycles. The van der Waals surface area contributed by atoms with Gasteiger partial charge in [0.05, 0.1) is 12.1 Å². The summed E-state index contributed by atoms with van der Waals surface area (Å²) >= 11 is 0. The zero-order chi connectivity index (χ0) is 14.2. The fraction of sp³-hybridized carbons (Fsp3) is 0.357. The average Bonchev–Trinajstić information content (AvgIpc) is 2.55. The Bertz CT molecular complexity index is 532. The summed E-state index contributed by atoms with van der Waals surface area (Å²) in [5.41, 5.74) is 0.856. The van der Waals surface area contributed by atoms with Crippen LogP contribution in [0.4, 0.5) is 5.69 Å². The van der Waals surface area contributed by atoms with Gasteiger partial charge < -0.3 is 5.11 Å². The molecule has 1 aliphatic heterocycles. The lowest BCUT2D eigenvalue weighted by Crippen LogP contribution is -2.31. The Morgan fingerprint density at radius 3 is 2.21 bits per heavy atom. The summed E-state index contributed by atoms with van der Waals surface area (Å²) in [6.07, 6.45) is -0.212. The van der Waals surface area contributed by atoms with E-state index in [9.17, 15) is 14.4 Å². The summed E-state index contributed by atoms with van der Waals surface area (Å²) in [4.78, 5) is 36.2. The van der Waals surface area contributed by atoms with Gasteiger partial charge in [-0.1, -0.05) is 32.0 Å². The van der Waals surface area contributed by atoms with Gasteiger partial charge in [-0.05, 0) is 11.6 Å². The lowest BCUT2D eigenvalue weighted by Gasteiger charge is -2.18. The van der Waals surface area contributed by atoms with Crippen molar-refractivity contribution in [3.8, 4) is 0 Å². The number of imide groups is 1. The highest BCUT2D eigenvalue weighted by Gasteiger charge is 2.43. The van der Waals surface area contributed by atoms with E-state index in [0.717, 1.165) is 4.90 Å². The van der Waals surface area contributed by atoms with E-state index >= 15 is 0 Å². The van der Waals surface area contributed by atoms with Gasteiger partial charge in [-0.3, -0.25) is 14.4 Å². The maximum Gasteiger partial charge on any atom is 0.307 e. The van der Waals surface area contributed by atoms with E-state index in [1.54, 1.807) is 38.1 Å². The topological polar surface area (TPSA) is 74.7 Å². The Hall–Kier alpha value is -2.17. The quantitative estimate of drug-likeness (QED) is 0.836. The third-order valence-electron chi connectivity index (χ3n) is 3.54. The van der Waals surface area contributed by atoms with Crippen LogP contribution in [-0.2, 0) is 20.8 Å². The van der Waals surface area contributed by atoms with Gasteiger partial charge >= 0.3 is 5.97 Å². The number of hydrogen-bond acceptors (Lipinski definition) is 3. The highest BCUT2D eigenvalue weighted by molar-refractivity contribution is 6.22. The van der Waals surface area contributed by atoms with E-state index in [0.29, 0.717) is 11.3 Å². The van der Waals surface area contributed by atoms with Gasteiger partial charge in [0.15, 0.2) is 0 Å². The normalized spacial score (nSPS) is 22.9. The van der Waals surface area contributed by atoms with Crippen LogP contribution >= 0.6 is 0 Å². The Balaban J connectivity index is 2.45. The van der Waals surface area contributed by atoms with Crippen LogP contribution in [0.25, 0.3) is 0 Å². The number of carboxylic acid groups (broad SMARTS) is 1. The molecule has 2 rings (SSSR count). The Morgan fingerprint density at radius 2 is 1.68 bits per heavy atom. The number of aliphatic carboxylic acids is 1. The fourth-order valence-electron chi connectivity index (χ4n) is 2.22. The number of anilines is 1. The minimum Gasteiger partial charge on any atom is -0.481 e. The molecule has 1 heterocycles. The molecular formula is C14H15NO4. The molecule has 5 heteroatoms. The van der Waals surface area contributed by atoms with Gasteiger partial charge in [0, 0.05) is 11.8 Å². The summed E-state index contributed by atoms with van der Waals surface area (Å²) in [6, 6.07) is 6.62. The van der Waals surface area contributed by atoms with Crippen molar-refractivity contribution in [3.63, 3.8) is 0 Å². The number of carbonyl (C=O) groups is 3. The molecule has 2 atom stereocenters. The summed E-state index contributed by atoms with van der Waals surface area (Å²) in [6.45, 7) is 3.43. The van der Waals surface area contributed by atoms with Crippen LogP contribution in [-0.4, -0.2) is 22.9 Å². The molecule has 0 radical (unpaired) electrons. The second kappa shape index (κ2) is 4.84. The van der Waals surface area contributed by atoms with Crippen LogP contribution in [0.3, 0.4) is 0 Å². The number of amides is 2. The minimum atomic E-state index is -0.993. The van der Waals surface area contributed by atoms with E-state index in [2.05, 4.69) is 0 Å². The Kier molecular flexibility index (Phi) is 3.38. The monoisotopic (exact) mass is 261 g/mol. The van der Waals surface area contributed by atoms with Gasteiger partial charge in [0.1, 0.15) is 0 Å². The molecule has 19 heavy (non-hydrogen) atoms. The van der Waals surface area contributed by atoms with Crippen LogP contribution in [0.2, 0.25) is 0 Å². The number of carboxylic acids is 1. The smallest absolute Gasteiger partial charge is 0.307 e. The Morgan fingerprint density at radius 1 is 1.16 bits per heavy atom. The van der Waals surface area contributed by atoms with Gasteiger partial charge in [0.2, 0.25) is 11.8 Å². The molecule has 0 saturated carbocycles. The molecule has 0 bridgehead atoms. The summed E-state index contributed by atoms with van der Waals surface area (Å²) in [7, 11) is 0. The third-order valence-corrected chi connectivity index (χ3v) is 3.54. The lowest BCUT2D eigenvalue weighted by atomic mass is 10.00. The van der Waals surface area contributed by atoms with Crippen LogP contribution in [0, 0.1) is 11.8 Å². The zero-order valence-electron chi connectivity index (χ0n) is 10.8. The highest BCUT2D eigenvalue weighted by atomic mass is 16.4. The van der Waals surface area contributed by atoms with Crippen molar-refractivity contribution in [1.82, 2.24) is 0 Å². The van der Waals surface area contributed by atoms with E-state index < -0.39 is 5.97 Å². The van der Waals surface area contributed by atoms with Crippen molar-refractivity contribution in [2.24, 2.45) is 11.8 Å². The van der Waals surface area contributed by atoms with Crippen molar-refractivity contribution in [2.75, 3.05) is 4.90 Å². The highest BCUT2D eigenvalue weighted by Crippen LogP contribution is 2.32. The maximum absolute atomic E-state index is 12.1. The van der Waals surface area contributed by atoms with E-state index in [-0.39, 0.29) is 30.1 Å². The first-order chi connectivity index (χ1) is 8.93. The molecular weight excluding hydrogens is 246 g/mol. The van der Waals surface area contributed by atoms with E-state index in [1.165, 1.54) is 0 Å². The standard InChI is InChI=1S/C14H15NO4/c1-8-9(2)14(19)15(13(8)18)11-6-4-3-5-10(11)7-12(16)17/h3-6,8-9H,7H2,1-2H3,(H,16,17). The summed E-state index contributed by atoms with van der Waals surface area (Å²) < 4.78 is 0. The second-order valence-corrected chi connectivity index (χ2v) is 4.79. The summed E-state index contributed by atoms with van der Waals surface area (Å²) in [5.74, 6) is -2.27. The number of carbonyl (C=O) groups excluding carboxylic acids is 2. The minimum absolute atomic E-state index is 0.212. The SMILES string of the molecule is CC1C(=O)N(c2ccccc2CC(=O)O)C(=O)C1C. The number of hydrogen-bond donors (Lipinski definition) is 1. The van der Waals surface area contributed by atoms with Gasteiger partial charge in [-0.2, -0.15) is 0 Å². The van der Waals surface area contributed by atoms with Crippen LogP contribution in [0.1, 0.15) is 19.4 Å². The molecule has 2 amide bonds. The fourth-order valence-corrected chi connectivity index (χ4v) is 2.22. The van der Waals surface area contributed by atoms with Crippen LogP contribution in [0.15, 0.2) is 24.3 Å². The van der Waals surface area contributed by atoms with Crippen LogP contribution < -0.4 is 4.90 Å². The number of nitrogens with zero attached hydrogens (tertiary/aromatic N) is 1. The molecule has 0 spiro atoms.